The predicted octanol–water partition coefficient (Wildman–Crippen LogP) is 0.930. The fraction of sp³-hybridized carbons (Fsp3) is 0.846. The van der Waals surface area contributed by atoms with Gasteiger partial charge in [-0.2, -0.15) is 0 Å². The molecule has 0 aliphatic heterocycles. The van der Waals surface area contributed by atoms with Crippen LogP contribution in [0.2, 0.25) is 0 Å². The first-order chi connectivity index (χ1) is 8.61. The highest BCUT2D eigenvalue weighted by Gasteiger charge is 2.17. The van der Waals surface area contributed by atoms with Crippen molar-refractivity contribution < 1.29 is 14.3 Å². The molecule has 0 unspecified atom stereocenters. The molecule has 0 spiro atoms. The summed E-state index contributed by atoms with van der Waals surface area (Å²) >= 11 is 0. The number of hydrogen-bond donors (Lipinski definition) is 1. The largest absolute Gasteiger partial charge is 0.466 e. The minimum atomic E-state index is -0.208. The molecule has 0 heterocycles. The maximum absolute atomic E-state index is 11.7. The minimum absolute atomic E-state index is 0.0493. The van der Waals surface area contributed by atoms with Crippen LogP contribution in [0.5, 0.6) is 0 Å². The zero-order valence-electron chi connectivity index (χ0n) is 11.4. The Bertz CT molecular complexity index is 275. The van der Waals surface area contributed by atoms with E-state index in [1.807, 2.05) is 11.9 Å². The normalized spacial score (nSPS) is 15.9. The lowest BCUT2D eigenvalue weighted by molar-refractivity contribution is -0.143. The second-order valence-electron chi connectivity index (χ2n) is 4.84. The average molecular weight is 256 g/mol. The SMILES string of the molecule is CCOC(=O)CCN(C)CC(=O)NC1CCCC1. The number of amides is 1. The number of carbonyl (C=O) groups excluding carboxylic acids is 2. The van der Waals surface area contributed by atoms with E-state index < -0.39 is 0 Å². The lowest BCUT2D eigenvalue weighted by Crippen LogP contribution is -2.40. The van der Waals surface area contributed by atoms with Gasteiger partial charge in [0.25, 0.3) is 0 Å². The summed E-state index contributed by atoms with van der Waals surface area (Å²) in [6, 6.07) is 0.357. The molecular formula is C13H24N2O3. The lowest BCUT2D eigenvalue weighted by atomic mass is 10.2. The van der Waals surface area contributed by atoms with Crippen LogP contribution in [0.4, 0.5) is 0 Å². The summed E-state index contributed by atoms with van der Waals surface area (Å²) in [5.74, 6) is -0.159. The molecule has 1 aliphatic carbocycles. The molecule has 0 aromatic heterocycles. The van der Waals surface area contributed by atoms with Crippen molar-refractivity contribution in [3.8, 4) is 0 Å². The maximum Gasteiger partial charge on any atom is 0.307 e. The Morgan fingerprint density at radius 2 is 2.00 bits per heavy atom. The number of likely N-dealkylation sites (N-methyl/N-ethyl adjacent to an activating group) is 1. The Labute approximate surface area is 109 Å². The highest BCUT2D eigenvalue weighted by atomic mass is 16.5. The van der Waals surface area contributed by atoms with Crippen molar-refractivity contribution >= 4 is 11.9 Å². The van der Waals surface area contributed by atoms with Gasteiger partial charge in [0, 0.05) is 12.6 Å². The Morgan fingerprint density at radius 1 is 1.33 bits per heavy atom. The summed E-state index contributed by atoms with van der Waals surface area (Å²) in [7, 11) is 1.84. The van der Waals surface area contributed by atoms with Crippen LogP contribution in [0.3, 0.4) is 0 Å². The van der Waals surface area contributed by atoms with Gasteiger partial charge in [0.1, 0.15) is 0 Å². The molecule has 104 valence electrons. The van der Waals surface area contributed by atoms with Gasteiger partial charge in [0.05, 0.1) is 19.6 Å². The van der Waals surface area contributed by atoms with Gasteiger partial charge in [0.15, 0.2) is 0 Å². The highest BCUT2D eigenvalue weighted by Crippen LogP contribution is 2.17. The molecule has 1 fully saturated rings. The van der Waals surface area contributed by atoms with Gasteiger partial charge in [-0.05, 0) is 26.8 Å². The molecule has 0 radical (unpaired) electrons. The summed E-state index contributed by atoms with van der Waals surface area (Å²) in [5, 5.41) is 3.03. The van der Waals surface area contributed by atoms with Crippen molar-refractivity contribution in [2.75, 3.05) is 26.7 Å². The van der Waals surface area contributed by atoms with E-state index in [0.717, 1.165) is 12.8 Å². The average Bonchev–Trinajstić information content (AvgIpc) is 2.79. The van der Waals surface area contributed by atoms with Crippen LogP contribution >= 0.6 is 0 Å². The quantitative estimate of drug-likeness (QED) is 0.688. The van der Waals surface area contributed by atoms with E-state index in [9.17, 15) is 9.59 Å². The first kappa shape index (κ1) is 15.0. The molecule has 1 N–H and O–H groups in total. The number of carbonyl (C=O) groups is 2. The summed E-state index contributed by atoms with van der Waals surface area (Å²) in [4.78, 5) is 24.7. The van der Waals surface area contributed by atoms with Crippen molar-refractivity contribution in [3.63, 3.8) is 0 Å². The third-order valence-corrected chi connectivity index (χ3v) is 3.14. The highest BCUT2D eigenvalue weighted by molar-refractivity contribution is 5.78. The molecule has 1 aliphatic rings. The van der Waals surface area contributed by atoms with Gasteiger partial charge in [-0.1, -0.05) is 12.8 Å². The summed E-state index contributed by atoms with van der Waals surface area (Å²) < 4.78 is 4.84. The van der Waals surface area contributed by atoms with E-state index in [1.165, 1.54) is 12.8 Å². The van der Waals surface area contributed by atoms with Crippen LogP contribution in [-0.2, 0) is 14.3 Å². The van der Waals surface area contributed by atoms with Crippen LogP contribution < -0.4 is 5.32 Å². The molecule has 1 saturated carbocycles. The second-order valence-corrected chi connectivity index (χ2v) is 4.84. The van der Waals surface area contributed by atoms with Gasteiger partial charge >= 0.3 is 5.97 Å². The summed E-state index contributed by atoms with van der Waals surface area (Å²) in [5.41, 5.74) is 0. The van der Waals surface area contributed by atoms with Crippen molar-refractivity contribution in [2.45, 2.75) is 45.1 Å². The third-order valence-electron chi connectivity index (χ3n) is 3.14. The fourth-order valence-electron chi connectivity index (χ4n) is 2.18. The van der Waals surface area contributed by atoms with E-state index in [1.54, 1.807) is 6.92 Å². The maximum atomic E-state index is 11.7. The van der Waals surface area contributed by atoms with Crippen LogP contribution in [0.1, 0.15) is 39.0 Å². The zero-order chi connectivity index (χ0) is 13.4. The second kappa shape index (κ2) is 8.08. The van der Waals surface area contributed by atoms with Crippen LogP contribution in [0.15, 0.2) is 0 Å². The van der Waals surface area contributed by atoms with E-state index in [-0.39, 0.29) is 11.9 Å². The van der Waals surface area contributed by atoms with Gasteiger partial charge in [-0.3, -0.25) is 14.5 Å². The molecule has 5 heteroatoms. The lowest BCUT2D eigenvalue weighted by Gasteiger charge is -2.18. The zero-order valence-corrected chi connectivity index (χ0v) is 11.4. The van der Waals surface area contributed by atoms with Crippen LogP contribution in [0, 0.1) is 0 Å². The molecule has 0 bridgehead atoms. The van der Waals surface area contributed by atoms with Gasteiger partial charge in [-0.25, -0.2) is 0 Å². The minimum Gasteiger partial charge on any atom is -0.466 e. The fourth-order valence-corrected chi connectivity index (χ4v) is 2.18. The van der Waals surface area contributed by atoms with Gasteiger partial charge in [-0.15, -0.1) is 0 Å². The molecule has 18 heavy (non-hydrogen) atoms. The van der Waals surface area contributed by atoms with Gasteiger partial charge < -0.3 is 10.1 Å². The number of hydrogen-bond acceptors (Lipinski definition) is 4. The first-order valence-electron chi connectivity index (χ1n) is 6.75. The molecular weight excluding hydrogens is 232 g/mol. The van der Waals surface area contributed by atoms with Crippen LogP contribution in [-0.4, -0.2) is 49.6 Å². The molecule has 0 aromatic carbocycles. The predicted molar refractivity (Wildman–Crippen MR) is 69.1 cm³/mol. The first-order valence-corrected chi connectivity index (χ1v) is 6.75. The molecule has 0 saturated heterocycles. The van der Waals surface area contributed by atoms with Gasteiger partial charge in [0.2, 0.25) is 5.91 Å². The van der Waals surface area contributed by atoms with Crippen molar-refractivity contribution in [1.82, 2.24) is 10.2 Å². The summed E-state index contributed by atoms with van der Waals surface area (Å²) in [6.07, 6.45) is 4.95. The molecule has 1 amide bonds. The standard InChI is InChI=1S/C13H24N2O3/c1-3-18-13(17)8-9-15(2)10-12(16)14-11-6-4-5-7-11/h11H,3-10H2,1-2H3,(H,14,16). The van der Waals surface area contributed by atoms with Crippen molar-refractivity contribution in [2.24, 2.45) is 0 Å². The number of nitrogens with one attached hydrogen (secondary N) is 1. The molecule has 0 atom stereocenters. The monoisotopic (exact) mass is 256 g/mol. The molecule has 5 nitrogen and oxygen atoms in total. The van der Waals surface area contributed by atoms with Crippen molar-refractivity contribution in [3.05, 3.63) is 0 Å². The van der Waals surface area contributed by atoms with Crippen LogP contribution in [0.25, 0.3) is 0 Å². The Kier molecular flexibility index (Phi) is 6.72. The number of nitrogens with zero attached hydrogens (tertiary/aromatic N) is 1. The topological polar surface area (TPSA) is 58.6 Å². The van der Waals surface area contributed by atoms with E-state index in [0.29, 0.717) is 32.2 Å². The Balaban J connectivity index is 2.12. The number of rotatable bonds is 7. The molecule has 0 aromatic rings. The van der Waals surface area contributed by atoms with E-state index >= 15 is 0 Å². The third kappa shape index (κ3) is 6.00. The Morgan fingerprint density at radius 3 is 2.61 bits per heavy atom. The number of esters is 1. The Hall–Kier alpha value is -1.10. The van der Waals surface area contributed by atoms with E-state index in [4.69, 9.17) is 4.74 Å². The molecule has 1 rings (SSSR count). The number of ether oxygens (including phenoxy) is 1. The smallest absolute Gasteiger partial charge is 0.307 e. The van der Waals surface area contributed by atoms with Crippen molar-refractivity contribution in [1.29, 1.82) is 0 Å². The van der Waals surface area contributed by atoms with E-state index in [2.05, 4.69) is 5.32 Å². The summed E-state index contributed by atoms with van der Waals surface area (Å²) in [6.45, 7) is 3.09.